The predicted molar refractivity (Wildman–Crippen MR) is 72.4 cm³/mol. The van der Waals surface area contributed by atoms with Crippen molar-refractivity contribution in [1.29, 1.82) is 0 Å². The first kappa shape index (κ1) is 11.8. The number of hydrogen-bond donors (Lipinski definition) is 1. The standard InChI is InChI=1S/C14H15N3O2/c1-2-5-16-14-13(15-6-7-17-14)10-3-4-11-12(8-10)19-9-18-11/h3-4,6-8H,2,5,9H2,1H3,(H,16,17). The molecule has 0 saturated carbocycles. The second-order valence-corrected chi connectivity index (χ2v) is 4.25. The topological polar surface area (TPSA) is 56.3 Å². The first-order valence-corrected chi connectivity index (χ1v) is 6.33. The highest BCUT2D eigenvalue weighted by molar-refractivity contribution is 5.73. The number of anilines is 1. The van der Waals surface area contributed by atoms with Crippen molar-refractivity contribution in [2.45, 2.75) is 13.3 Å². The fraction of sp³-hybridized carbons (Fsp3) is 0.286. The van der Waals surface area contributed by atoms with Crippen molar-refractivity contribution in [3.8, 4) is 22.8 Å². The van der Waals surface area contributed by atoms with Crippen LogP contribution in [0.2, 0.25) is 0 Å². The third kappa shape index (κ3) is 2.31. The molecule has 0 spiro atoms. The zero-order chi connectivity index (χ0) is 13.1. The van der Waals surface area contributed by atoms with Crippen LogP contribution in [-0.4, -0.2) is 23.3 Å². The molecule has 1 N–H and O–H groups in total. The average molecular weight is 257 g/mol. The SMILES string of the molecule is CCCNc1nccnc1-c1ccc2c(c1)OCO2. The largest absolute Gasteiger partial charge is 0.454 e. The molecule has 1 aliphatic heterocycles. The van der Waals surface area contributed by atoms with Crippen molar-refractivity contribution >= 4 is 5.82 Å². The summed E-state index contributed by atoms with van der Waals surface area (Å²) < 4.78 is 10.7. The van der Waals surface area contributed by atoms with Gasteiger partial charge in [-0.2, -0.15) is 0 Å². The lowest BCUT2D eigenvalue weighted by molar-refractivity contribution is 0.174. The van der Waals surface area contributed by atoms with Crippen molar-refractivity contribution in [3.63, 3.8) is 0 Å². The van der Waals surface area contributed by atoms with Crippen molar-refractivity contribution in [1.82, 2.24) is 9.97 Å². The van der Waals surface area contributed by atoms with Crippen molar-refractivity contribution in [3.05, 3.63) is 30.6 Å². The molecule has 3 rings (SSSR count). The van der Waals surface area contributed by atoms with E-state index in [1.54, 1.807) is 12.4 Å². The van der Waals surface area contributed by atoms with E-state index in [9.17, 15) is 0 Å². The van der Waals surface area contributed by atoms with Crippen LogP contribution in [-0.2, 0) is 0 Å². The number of aromatic nitrogens is 2. The summed E-state index contributed by atoms with van der Waals surface area (Å²) in [4.78, 5) is 8.75. The van der Waals surface area contributed by atoms with Gasteiger partial charge >= 0.3 is 0 Å². The Morgan fingerprint density at radius 1 is 1.16 bits per heavy atom. The first-order chi connectivity index (χ1) is 9.38. The summed E-state index contributed by atoms with van der Waals surface area (Å²) in [5.41, 5.74) is 1.80. The summed E-state index contributed by atoms with van der Waals surface area (Å²) in [6, 6.07) is 5.80. The molecule has 1 aromatic heterocycles. The van der Waals surface area contributed by atoms with Gasteiger partial charge in [0.05, 0.1) is 0 Å². The van der Waals surface area contributed by atoms with E-state index < -0.39 is 0 Å². The molecule has 0 unspecified atom stereocenters. The fourth-order valence-electron chi connectivity index (χ4n) is 1.97. The van der Waals surface area contributed by atoms with Crippen molar-refractivity contribution < 1.29 is 9.47 Å². The third-order valence-corrected chi connectivity index (χ3v) is 2.89. The molecule has 2 heterocycles. The second-order valence-electron chi connectivity index (χ2n) is 4.25. The first-order valence-electron chi connectivity index (χ1n) is 6.33. The number of nitrogens with one attached hydrogen (secondary N) is 1. The maximum atomic E-state index is 5.39. The summed E-state index contributed by atoms with van der Waals surface area (Å²) in [5, 5.41) is 3.28. The molecule has 0 amide bonds. The molecule has 19 heavy (non-hydrogen) atoms. The molecule has 0 saturated heterocycles. The van der Waals surface area contributed by atoms with E-state index in [0.29, 0.717) is 0 Å². The fourth-order valence-corrected chi connectivity index (χ4v) is 1.97. The highest BCUT2D eigenvalue weighted by Crippen LogP contribution is 2.36. The van der Waals surface area contributed by atoms with Crippen molar-refractivity contribution in [2.24, 2.45) is 0 Å². The summed E-state index contributed by atoms with van der Waals surface area (Å²) >= 11 is 0. The number of fused-ring (bicyclic) bond motifs is 1. The van der Waals surface area contributed by atoms with E-state index in [1.807, 2.05) is 18.2 Å². The van der Waals surface area contributed by atoms with Crippen LogP contribution in [0.25, 0.3) is 11.3 Å². The lowest BCUT2D eigenvalue weighted by Gasteiger charge is -2.09. The van der Waals surface area contributed by atoms with Gasteiger partial charge in [0, 0.05) is 24.5 Å². The van der Waals surface area contributed by atoms with Crippen molar-refractivity contribution in [2.75, 3.05) is 18.7 Å². The minimum Gasteiger partial charge on any atom is -0.454 e. The smallest absolute Gasteiger partial charge is 0.231 e. The van der Waals surface area contributed by atoms with E-state index in [4.69, 9.17) is 9.47 Å². The van der Waals surface area contributed by atoms with Crippen LogP contribution in [0.15, 0.2) is 30.6 Å². The van der Waals surface area contributed by atoms with E-state index in [2.05, 4.69) is 22.2 Å². The van der Waals surface area contributed by atoms with E-state index in [1.165, 1.54) is 0 Å². The Morgan fingerprint density at radius 3 is 2.89 bits per heavy atom. The van der Waals surface area contributed by atoms with Gasteiger partial charge in [-0.25, -0.2) is 4.98 Å². The number of ether oxygens (including phenoxy) is 2. The van der Waals surface area contributed by atoms with Gasteiger partial charge in [-0.3, -0.25) is 4.98 Å². The minimum atomic E-state index is 0.278. The number of nitrogens with zero attached hydrogens (tertiary/aromatic N) is 2. The molecule has 0 radical (unpaired) electrons. The number of hydrogen-bond acceptors (Lipinski definition) is 5. The molecule has 98 valence electrons. The molecule has 0 fully saturated rings. The molecule has 0 atom stereocenters. The van der Waals surface area contributed by atoms with Gasteiger partial charge in [0.25, 0.3) is 0 Å². The highest BCUT2D eigenvalue weighted by Gasteiger charge is 2.16. The molecule has 1 aromatic carbocycles. The quantitative estimate of drug-likeness (QED) is 0.912. The van der Waals surface area contributed by atoms with E-state index in [0.717, 1.165) is 41.5 Å². The molecular weight excluding hydrogens is 242 g/mol. The Bertz CT molecular complexity index is 587. The molecule has 2 aromatic rings. The van der Waals surface area contributed by atoms with Crippen LogP contribution in [0.3, 0.4) is 0 Å². The highest BCUT2D eigenvalue weighted by atomic mass is 16.7. The number of rotatable bonds is 4. The third-order valence-electron chi connectivity index (χ3n) is 2.89. The van der Waals surface area contributed by atoms with Gasteiger partial charge in [-0.1, -0.05) is 6.92 Å². The summed E-state index contributed by atoms with van der Waals surface area (Å²) in [7, 11) is 0. The predicted octanol–water partition coefficient (Wildman–Crippen LogP) is 2.69. The second kappa shape index (κ2) is 5.14. The van der Waals surface area contributed by atoms with E-state index >= 15 is 0 Å². The normalized spacial score (nSPS) is 12.5. The Hall–Kier alpha value is -2.30. The van der Waals surface area contributed by atoms with Gasteiger partial charge in [0.2, 0.25) is 6.79 Å². The summed E-state index contributed by atoms with van der Waals surface area (Å²) in [6.07, 6.45) is 4.42. The zero-order valence-corrected chi connectivity index (χ0v) is 10.7. The van der Waals surface area contributed by atoms with Gasteiger partial charge < -0.3 is 14.8 Å². The van der Waals surface area contributed by atoms with Crippen LogP contribution in [0.4, 0.5) is 5.82 Å². The monoisotopic (exact) mass is 257 g/mol. The van der Waals surface area contributed by atoms with Crippen LogP contribution in [0, 0.1) is 0 Å². The Balaban J connectivity index is 1.97. The molecular formula is C14H15N3O2. The molecule has 1 aliphatic rings. The van der Waals surface area contributed by atoms with Crippen LogP contribution >= 0.6 is 0 Å². The molecule has 0 aliphatic carbocycles. The van der Waals surface area contributed by atoms with Crippen LogP contribution in [0.5, 0.6) is 11.5 Å². The van der Waals surface area contributed by atoms with Gasteiger partial charge in [-0.05, 0) is 24.6 Å². The van der Waals surface area contributed by atoms with Crippen LogP contribution in [0.1, 0.15) is 13.3 Å². The molecule has 5 heteroatoms. The Labute approximate surface area is 111 Å². The maximum Gasteiger partial charge on any atom is 0.231 e. The lowest BCUT2D eigenvalue weighted by atomic mass is 10.1. The Kier molecular flexibility index (Phi) is 3.18. The zero-order valence-electron chi connectivity index (χ0n) is 10.7. The average Bonchev–Trinajstić information content (AvgIpc) is 2.92. The van der Waals surface area contributed by atoms with Gasteiger partial charge in [0.15, 0.2) is 17.3 Å². The maximum absolute atomic E-state index is 5.39. The summed E-state index contributed by atoms with van der Waals surface area (Å²) in [5.74, 6) is 2.32. The minimum absolute atomic E-state index is 0.278. The van der Waals surface area contributed by atoms with Crippen LogP contribution < -0.4 is 14.8 Å². The lowest BCUT2D eigenvalue weighted by Crippen LogP contribution is -2.04. The summed E-state index contributed by atoms with van der Waals surface area (Å²) in [6.45, 7) is 3.26. The Morgan fingerprint density at radius 2 is 2.00 bits per heavy atom. The van der Waals surface area contributed by atoms with Gasteiger partial charge in [-0.15, -0.1) is 0 Å². The molecule has 0 bridgehead atoms. The molecule has 5 nitrogen and oxygen atoms in total. The van der Waals surface area contributed by atoms with Gasteiger partial charge in [0.1, 0.15) is 5.69 Å². The van der Waals surface area contributed by atoms with E-state index in [-0.39, 0.29) is 6.79 Å². The number of benzene rings is 1.